The SMILES string of the molecule is COc1cc2c(Nc3cc(F)ccc3F)nccc2c(Br)c1OC. The zero-order valence-electron chi connectivity index (χ0n) is 12.9. The molecule has 1 aromatic heterocycles. The Labute approximate surface area is 145 Å². The second-order valence-corrected chi connectivity index (χ2v) is 5.72. The van der Waals surface area contributed by atoms with Gasteiger partial charge in [0, 0.05) is 23.0 Å². The third-order valence-electron chi connectivity index (χ3n) is 3.53. The lowest BCUT2D eigenvalue weighted by atomic mass is 10.1. The number of anilines is 2. The third kappa shape index (κ3) is 2.87. The normalized spacial score (nSPS) is 10.7. The summed E-state index contributed by atoms with van der Waals surface area (Å²) in [5.74, 6) is 0.291. The molecule has 0 bridgehead atoms. The van der Waals surface area contributed by atoms with Crippen molar-refractivity contribution in [3.8, 4) is 11.5 Å². The maximum atomic E-state index is 13.9. The van der Waals surface area contributed by atoms with Gasteiger partial charge in [0.05, 0.1) is 24.4 Å². The van der Waals surface area contributed by atoms with Gasteiger partial charge in [-0.2, -0.15) is 0 Å². The van der Waals surface area contributed by atoms with Crippen molar-refractivity contribution in [1.29, 1.82) is 0 Å². The minimum absolute atomic E-state index is 0.000840. The Morgan fingerprint density at radius 3 is 2.54 bits per heavy atom. The number of nitrogens with one attached hydrogen (secondary N) is 1. The number of nitrogens with zero attached hydrogens (tertiary/aromatic N) is 1. The molecule has 0 aliphatic heterocycles. The van der Waals surface area contributed by atoms with E-state index >= 15 is 0 Å². The van der Waals surface area contributed by atoms with Gasteiger partial charge in [-0.25, -0.2) is 13.8 Å². The number of benzene rings is 2. The van der Waals surface area contributed by atoms with Crippen molar-refractivity contribution in [2.45, 2.75) is 0 Å². The van der Waals surface area contributed by atoms with E-state index in [2.05, 4.69) is 26.2 Å². The first-order chi connectivity index (χ1) is 11.5. The van der Waals surface area contributed by atoms with E-state index in [1.54, 1.807) is 18.3 Å². The summed E-state index contributed by atoms with van der Waals surface area (Å²) in [6.45, 7) is 0. The maximum absolute atomic E-state index is 13.9. The zero-order chi connectivity index (χ0) is 17.3. The van der Waals surface area contributed by atoms with E-state index in [0.717, 1.165) is 23.6 Å². The highest BCUT2D eigenvalue weighted by Gasteiger charge is 2.16. The predicted molar refractivity (Wildman–Crippen MR) is 92.2 cm³/mol. The molecule has 4 nitrogen and oxygen atoms in total. The van der Waals surface area contributed by atoms with Gasteiger partial charge in [0.1, 0.15) is 17.5 Å². The molecule has 7 heteroatoms. The van der Waals surface area contributed by atoms with Crippen LogP contribution in [-0.2, 0) is 0 Å². The van der Waals surface area contributed by atoms with E-state index in [1.165, 1.54) is 14.2 Å². The molecule has 0 fully saturated rings. The van der Waals surface area contributed by atoms with Crippen molar-refractivity contribution in [2.75, 3.05) is 19.5 Å². The molecule has 24 heavy (non-hydrogen) atoms. The molecule has 3 rings (SSSR count). The average Bonchev–Trinajstić information content (AvgIpc) is 2.58. The van der Waals surface area contributed by atoms with Crippen molar-refractivity contribution < 1.29 is 18.3 Å². The number of fused-ring (bicyclic) bond motifs is 1. The van der Waals surface area contributed by atoms with E-state index in [9.17, 15) is 8.78 Å². The van der Waals surface area contributed by atoms with Crippen molar-refractivity contribution in [3.63, 3.8) is 0 Å². The summed E-state index contributed by atoms with van der Waals surface area (Å²) in [6, 6.07) is 6.70. The Hall–Kier alpha value is -2.41. The van der Waals surface area contributed by atoms with E-state index in [0.29, 0.717) is 27.2 Å². The average molecular weight is 395 g/mol. The molecule has 3 aromatic rings. The van der Waals surface area contributed by atoms with Crippen LogP contribution >= 0.6 is 15.9 Å². The Morgan fingerprint density at radius 2 is 1.83 bits per heavy atom. The maximum Gasteiger partial charge on any atom is 0.175 e. The van der Waals surface area contributed by atoms with Gasteiger partial charge in [0.2, 0.25) is 0 Å². The summed E-state index contributed by atoms with van der Waals surface area (Å²) < 4.78 is 38.6. The molecule has 0 saturated heterocycles. The molecule has 0 atom stereocenters. The second-order valence-electron chi connectivity index (χ2n) is 4.93. The van der Waals surface area contributed by atoms with Gasteiger partial charge in [0.25, 0.3) is 0 Å². The highest BCUT2D eigenvalue weighted by Crippen LogP contribution is 2.43. The molecule has 1 heterocycles. The summed E-state index contributed by atoms with van der Waals surface area (Å²) in [6.07, 6.45) is 1.57. The molecule has 0 amide bonds. The van der Waals surface area contributed by atoms with E-state index in [-0.39, 0.29) is 5.69 Å². The summed E-state index contributed by atoms with van der Waals surface area (Å²) in [4.78, 5) is 4.23. The first-order valence-corrected chi connectivity index (χ1v) is 7.75. The lowest BCUT2D eigenvalue weighted by molar-refractivity contribution is 0.354. The highest BCUT2D eigenvalue weighted by atomic mass is 79.9. The largest absolute Gasteiger partial charge is 0.493 e. The van der Waals surface area contributed by atoms with E-state index in [1.807, 2.05) is 0 Å². The quantitative estimate of drug-likeness (QED) is 0.673. The molecular formula is C17H13BrF2N2O2. The number of ether oxygens (including phenoxy) is 2. The van der Waals surface area contributed by atoms with Crippen LogP contribution in [0.5, 0.6) is 11.5 Å². The van der Waals surface area contributed by atoms with Crippen LogP contribution in [0.4, 0.5) is 20.3 Å². The number of methoxy groups -OCH3 is 2. The molecule has 2 aromatic carbocycles. The van der Waals surface area contributed by atoms with Gasteiger partial charge in [-0.3, -0.25) is 0 Å². The van der Waals surface area contributed by atoms with Crippen LogP contribution in [-0.4, -0.2) is 19.2 Å². The van der Waals surface area contributed by atoms with Crippen molar-refractivity contribution in [3.05, 3.63) is 52.6 Å². The zero-order valence-corrected chi connectivity index (χ0v) is 14.4. The molecule has 0 aliphatic carbocycles. The monoisotopic (exact) mass is 394 g/mol. The minimum Gasteiger partial charge on any atom is -0.493 e. The van der Waals surface area contributed by atoms with Crippen LogP contribution in [0.1, 0.15) is 0 Å². The van der Waals surface area contributed by atoms with Gasteiger partial charge in [0.15, 0.2) is 11.5 Å². The third-order valence-corrected chi connectivity index (χ3v) is 4.32. The number of halogens is 3. The Bertz CT molecular complexity index is 919. The lowest BCUT2D eigenvalue weighted by Gasteiger charge is -2.15. The number of hydrogen-bond acceptors (Lipinski definition) is 4. The molecule has 1 N–H and O–H groups in total. The van der Waals surface area contributed by atoms with Crippen LogP contribution in [0.25, 0.3) is 10.8 Å². The first kappa shape index (κ1) is 16.4. The molecule has 0 spiro atoms. The lowest BCUT2D eigenvalue weighted by Crippen LogP contribution is -1.99. The number of aromatic nitrogens is 1. The number of pyridine rings is 1. The van der Waals surface area contributed by atoms with E-state index < -0.39 is 11.6 Å². The van der Waals surface area contributed by atoms with Gasteiger partial charge >= 0.3 is 0 Å². The first-order valence-electron chi connectivity index (χ1n) is 6.96. The van der Waals surface area contributed by atoms with Gasteiger partial charge in [-0.15, -0.1) is 0 Å². The number of rotatable bonds is 4. The van der Waals surface area contributed by atoms with Crippen LogP contribution in [0.2, 0.25) is 0 Å². The standard InChI is InChI=1S/C17H13BrF2N2O2/c1-23-14-8-11-10(15(18)16(14)24-2)5-6-21-17(11)22-13-7-9(19)3-4-12(13)20/h3-8H,1-2H3,(H,21,22). The predicted octanol–water partition coefficient (Wildman–Crippen LogP) is 5.04. The fraction of sp³-hybridized carbons (Fsp3) is 0.118. The summed E-state index contributed by atoms with van der Waals surface area (Å²) in [5.41, 5.74) is 0.000840. The Balaban J connectivity index is 2.18. The Kier molecular flexibility index (Phi) is 4.53. The summed E-state index contributed by atoms with van der Waals surface area (Å²) in [7, 11) is 3.06. The molecule has 0 saturated carbocycles. The van der Waals surface area contributed by atoms with Gasteiger partial charge in [-0.1, -0.05) is 0 Å². The van der Waals surface area contributed by atoms with Gasteiger partial charge in [-0.05, 0) is 40.2 Å². The smallest absolute Gasteiger partial charge is 0.175 e. The fourth-order valence-corrected chi connectivity index (χ4v) is 3.10. The highest BCUT2D eigenvalue weighted by molar-refractivity contribution is 9.10. The van der Waals surface area contributed by atoms with E-state index in [4.69, 9.17) is 9.47 Å². The van der Waals surface area contributed by atoms with Crippen LogP contribution in [0.3, 0.4) is 0 Å². The fourth-order valence-electron chi connectivity index (χ4n) is 2.40. The minimum atomic E-state index is -0.574. The van der Waals surface area contributed by atoms with Crippen molar-refractivity contribution in [1.82, 2.24) is 4.98 Å². The van der Waals surface area contributed by atoms with Crippen molar-refractivity contribution >= 4 is 38.2 Å². The van der Waals surface area contributed by atoms with Crippen LogP contribution in [0, 0.1) is 11.6 Å². The van der Waals surface area contributed by atoms with Crippen LogP contribution < -0.4 is 14.8 Å². The number of hydrogen-bond donors (Lipinski definition) is 1. The summed E-state index contributed by atoms with van der Waals surface area (Å²) in [5, 5.41) is 4.29. The molecule has 0 radical (unpaired) electrons. The van der Waals surface area contributed by atoms with Gasteiger partial charge < -0.3 is 14.8 Å². The molecule has 0 aliphatic rings. The summed E-state index contributed by atoms with van der Waals surface area (Å²) >= 11 is 3.48. The Morgan fingerprint density at radius 1 is 1.04 bits per heavy atom. The topological polar surface area (TPSA) is 43.4 Å². The van der Waals surface area contributed by atoms with Crippen molar-refractivity contribution in [2.24, 2.45) is 0 Å². The molecule has 0 unspecified atom stereocenters. The van der Waals surface area contributed by atoms with Crippen LogP contribution in [0.15, 0.2) is 41.0 Å². The molecule has 124 valence electrons. The molecular weight excluding hydrogens is 382 g/mol. The second kappa shape index (κ2) is 6.60.